The molecule has 0 amide bonds. The summed E-state index contributed by atoms with van der Waals surface area (Å²) in [5, 5.41) is 0.992. The number of aromatic nitrogens is 1. The van der Waals surface area contributed by atoms with Gasteiger partial charge in [-0.05, 0) is 50.2 Å². The molecule has 5 heteroatoms. The summed E-state index contributed by atoms with van der Waals surface area (Å²) in [5.74, 6) is 0.881. The number of thiol groups is 1. The highest BCUT2D eigenvalue weighted by Crippen LogP contribution is 2.36. The number of nitrogens with zero attached hydrogens (tertiary/aromatic N) is 1. The fourth-order valence-electron chi connectivity index (χ4n) is 2.19. The van der Waals surface area contributed by atoms with E-state index in [1.807, 2.05) is 56.4 Å². The molecule has 0 bridgehead atoms. The topological polar surface area (TPSA) is 22.1 Å². The van der Waals surface area contributed by atoms with Crippen LogP contribution in [0.2, 0.25) is 0 Å². The lowest BCUT2D eigenvalue weighted by Gasteiger charge is -2.09. The van der Waals surface area contributed by atoms with Gasteiger partial charge in [0.2, 0.25) is 0 Å². The molecular formula is C18H16BrNOS2. The van der Waals surface area contributed by atoms with Gasteiger partial charge in [0.15, 0.2) is 0 Å². The summed E-state index contributed by atoms with van der Waals surface area (Å²) < 4.78 is 6.70. The number of hydrogen-bond donors (Lipinski definition) is 1. The van der Waals surface area contributed by atoms with E-state index < -0.39 is 0 Å². The average molecular weight is 406 g/mol. The molecule has 3 rings (SSSR count). The van der Waals surface area contributed by atoms with E-state index >= 15 is 0 Å². The van der Waals surface area contributed by atoms with Gasteiger partial charge < -0.3 is 4.74 Å². The van der Waals surface area contributed by atoms with Gasteiger partial charge in [-0.25, -0.2) is 4.98 Å². The van der Waals surface area contributed by atoms with Crippen LogP contribution >= 0.6 is 39.9 Å². The van der Waals surface area contributed by atoms with Gasteiger partial charge in [-0.3, -0.25) is 0 Å². The van der Waals surface area contributed by atoms with Gasteiger partial charge >= 0.3 is 0 Å². The van der Waals surface area contributed by atoms with E-state index in [1.54, 1.807) is 11.3 Å². The summed E-state index contributed by atoms with van der Waals surface area (Å²) in [6.07, 6.45) is 2.08. The number of thiazole rings is 1. The molecule has 0 aliphatic rings. The number of halogens is 1. The minimum absolute atomic E-state index is 0.179. The van der Waals surface area contributed by atoms with E-state index in [-0.39, 0.29) is 6.10 Å². The highest BCUT2D eigenvalue weighted by molar-refractivity contribution is 9.10. The lowest BCUT2D eigenvalue weighted by molar-refractivity contribution is 0.242. The predicted octanol–water partition coefficient (Wildman–Crippen LogP) is 6.32. The van der Waals surface area contributed by atoms with Gasteiger partial charge in [0.1, 0.15) is 10.8 Å². The second-order valence-electron chi connectivity index (χ2n) is 5.38. The molecule has 0 spiro atoms. The van der Waals surface area contributed by atoms with Crippen molar-refractivity contribution in [2.75, 3.05) is 0 Å². The van der Waals surface area contributed by atoms with Crippen LogP contribution in [0.5, 0.6) is 5.75 Å². The number of ether oxygens (including phenoxy) is 1. The first-order chi connectivity index (χ1) is 11.0. The van der Waals surface area contributed by atoms with Gasteiger partial charge in [-0.1, -0.05) is 22.0 Å². The Labute approximate surface area is 154 Å². The molecule has 0 N–H and O–H groups in total. The van der Waals surface area contributed by atoms with Crippen LogP contribution in [0.4, 0.5) is 0 Å². The van der Waals surface area contributed by atoms with Gasteiger partial charge in [0.05, 0.1) is 11.0 Å². The first kappa shape index (κ1) is 16.6. The Bertz CT molecular complexity index is 812. The second-order valence-corrected chi connectivity index (χ2v) is 7.81. The summed E-state index contributed by atoms with van der Waals surface area (Å²) >= 11 is 9.68. The van der Waals surface area contributed by atoms with E-state index in [2.05, 4.69) is 39.6 Å². The zero-order valence-corrected chi connectivity index (χ0v) is 16.1. The van der Waals surface area contributed by atoms with Crippen LogP contribution in [0.1, 0.15) is 13.8 Å². The molecule has 2 nitrogen and oxygen atoms in total. The van der Waals surface area contributed by atoms with Crippen molar-refractivity contribution in [3.63, 3.8) is 0 Å². The number of rotatable bonds is 4. The first-order valence-corrected chi connectivity index (χ1v) is 9.30. The van der Waals surface area contributed by atoms with Crippen molar-refractivity contribution in [2.45, 2.75) is 24.8 Å². The summed E-state index contributed by atoms with van der Waals surface area (Å²) in [7, 11) is 0. The van der Waals surface area contributed by atoms with Crippen molar-refractivity contribution in [1.82, 2.24) is 4.98 Å². The fraction of sp³-hybridized carbons (Fsp3) is 0.167. The van der Waals surface area contributed by atoms with E-state index in [0.717, 1.165) is 36.1 Å². The zero-order chi connectivity index (χ0) is 16.4. The van der Waals surface area contributed by atoms with Gasteiger partial charge in [0.25, 0.3) is 0 Å². The molecule has 0 unspecified atom stereocenters. The molecule has 23 heavy (non-hydrogen) atoms. The molecule has 3 aromatic rings. The first-order valence-electron chi connectivity index (χ1n) is 7.25. The average Bonchev–Trinajstić information content (AvgIpc) is 2.97. The summed E-state index contributed by atoms with van der Waals surface area (Å²) in [6, 6.07) is 14.1. The van der Waals surface area contributed by atoms with Gasteiger partial charge in [-0.2, -0.15) is 0 Å². The minimum atomic E-state index is 0.179. The van der Waals surface area contributed by atoms with Crippen molar-refractivity contribution >= 4 is 39.9 Å². The van der Waals surface area contributed by atoms with Crippen LogP contribution < -0.4 is 4.74 Å². The van der Waals surface area contributed by atoms with Crippen molar-refractivity contribution in [3.8, 4) is 26.8 Å². The molecular weight excluding hydrogens is 390 g/mol. The molecule has 0 radical (unpaired) electrons. The molecule has 1 heterocycles. The molecule has 0 fully saturated rings. The van der Waals surface area contributed by atoms with E-state index in [4.69, 9.17) is 4.74 Å². The van der Waals surface area contributed by atoms with Crippen molar-refractivity contribution < 1.29 is 4.74 Å². The fourth-order valence-corrected chi connectivity index (χ4v) is 4.10. The Morgan fingerprint density at radius 2 is 1.87 bits per heavy atom. The standard InChI is InChI=1S/C18H16BrNOS2/c1-11(2)21-14-6-3-12(4-7-14)18-20-10-17(23-18)15-8-5-13(19)9-16(15)22/h3-11,22H,1-2H3. The molecule has 2 aromatic carbocycles. The lowest BCUT2D eigenvalue weighted by Crippen LogP contribution is -2.05. The van der Waals surface area contributed by atoms with Crippen LogP contribution in [0, 0.1) is 0 Å². The lowest BCUT2D eigenvalue weighted by atomic mass is 10.2. The predicted molar refractivity (Wildman–Crippen MR) is 104 cm³/mol. The van der Waals surface area contributed by atoms with Crippen LogP contribution in [-0.4, -0.2) is 11.1 Å². The highest BCUT2D eigenvalue weighted by atomic mass is 79.9. The van der Waals surface area contributed by atoms with E-state index in [0.29, 0.717) is 0 Å². The number of benzene rings is 2. The third kappa shape index (κ3) is 3.97. The normalized spacial score (nSPS) is 11.0. The van der Waals surface area contributed by atoms with Crippen LogP contribution in [0.3, 0.4) is 0 Å². The number of hydrogen-bond acceptors (Lipinski definition) is 4. The monoisotopic (exact) mass is 405 g/mol. The largest absolute Gasteiger partial charge is 0.491 e. The summed E-state index contributed by atoms with van der Waals surface area (Å²) in [5.41, 5.74) is 2.19. The molecule has 118 valence electrons. The molecule has 1 aromatic heterocycles. The van der Waals surface area contributed by atoms with E-state index in [1.165, 1.54) is 0 Å². The summed E-state index contributed by atoms with van der Waals surface area (Å²) in [6.45, 7) is 4.04. The van der Waals surface area contributed by atoms with E-state index in [9.17, 15) is 0 Å². The molecule has 0 atom stereocenters. The summed E-state index contributed by atoms with van der Waals surface area (Å²) in [4.78, 5) is 6.60. The third-order valence-corrected chi connectivity index (χ3v) is 5.15. The maximum absolute atomic E-state index is 5.67. The Morgan fingerprint density at radius 3 is 2.52 bits per heavy atom. The third-order valence-electron chi connectivity index (χ3n) is 3.20. The molecule has 0 saturated carbocycles. The van der Waals surface area contributed by atoms with Crippen LogP contribution in [0.25, 0.3) is 21.0 Å². The van der Waals surface area contributed by atoms with Crippen molar-refractivity contribution in [1.29, 1.82) is 0 Å². The van der Waals surface area contributed by atoms with Gasteiger partial charge in [-0.15, -0.1) is 24.0 Å². The zero-order valence-electron chi connectivity index (χ0n) is 12.8. The van der Waals surface area contributed by atoms with Crippen molar-refractivity contribution in [3.05, 3.63) is 53.1 Å². The Morgan fingerprint density at radius 1 is 1.13 bits per heavy atom. The highest BCUT2D eigenvalue weighted by Gasteiger charge is 2.10. The molecule has 0 saturated heterocycles. The molecule has 0 aliphatic heterocycles. The molecule has 0 aliphatic carbocycles. The SMILES string of the molecule is CC(C)Oc1ccc(-c2ncc(-c3ccc(Br)cc3S)s2)cc1. The Hall–Kier alpha value is -1.30. The maximum atomic E-state index is 5.67. The van der Waals surface area contributed by atoms with Crippen molar-refractivity contribution in [2.24, 2.45) is 0 Å². The smallest absolute Gasteiger partial charge is 0.123 e. The Kier molecular flexibility index (Phi) is 5.09. The maximum Gasteiger partial charge on any atom is 0.123 e. The quantitative estimate of drug-likeness (QED) is 0.513. The van der Waals surface area contributed by atoms with Crippen LogP contribution in [-0.2, 0) is 0 Å². The second kappa shape index (κ2) is 7.07. The minimum Gasteiger partial charge on any atom is -0.491 e. The van der Waals surface area contributed by atoms with Crippen LogP contribution in [0.15, 0.2) is 58.0 Å². The van der Waals surface area contributed by atoms with Gasteiger partial charge in [0, 0.05) is 26.7 Å². The Balaban J connectivity index is 1.86.